The minimum Gasteiger partial charge on any atom is -0.336 e. The lowest BCUT2D eigenvalue weighted by Gasteiger charge is -2.34. The molecule has 1 fully saturated rings. The Kier molecular flexibility index (Phi) is 5.29. The quantitative estimate of drug-likeness (QED) is 0.633. The Labute approximate surface area is 173 Å². The van der Waals surface area contributed by atoms with Gasteiger partial charge in [0.25, 0.3) is 5.91 Å². The monoisotopic (exact) mass is 432 g/mol. The first kappa shape index (κ1) is 19.8. The number of sulfonamides is 1. The summed E-state index contributed by atoms with van der Waals surface area (Å²) in [6, 6.07) is 16.6. The number of fused-ring (bicyclic) bond motifs is 1. The van der Waals surface area contributed by atoms with Crippen molar-refractivity contribution in [2.24, 2.45) is 0 Å². The summed E-state index contributed by atoms with van der Waals surface area (Å²) in [5.41, 5.74) is -0.181. The Morgan fingerprint density at radius 1 is 0.897 bits per heavy atom. The fourth-order valence-corrected chi connectivity index (χ4v) is 5.17. The molecule has 0 atom stereocenters. The molecule has 1 aliphatic rings. The Balaban J connectivity index is 1.52. The van der Waals surface area contributed by atoms with Crippen LogP contribution in [0.5, 0.6) is 0 Å². The van der Waals surface area contributed by atoms with Gasteiger partial charge in [0.2, 0.25) is 10.0 Å². The van der Waals surface area contributed by atoms with E-state index in [1.807, 2.05) is 24.3 Å². The Bertz CT molecular complexity index is 1170. The molecule has 3 aromatic rings. The molecule has 29 heavy (non-hydrogen) atoms. The number of hydrogen-bond donors (Lipinski definition) is 0. The predicted octanol–water partition coefficient (Wildman–Crippen LogP) is 3.78. The van der Waals surface area contributed by atoms with Crippen LogP contribution in [0.3, 0.4) is 0 Å². The van der Waals surface area contributed by atoms with Gasteiger partial charge >= 0.3 is 0 Å². The molecule has 0 bridgehead atoms. The van der Waals surface area contributed by atoms with E-state index in [-0.39, 0.29) is 41.7 Å². The van der Waals surface area contributed by atoms with Crippen LogP contribution >= 0.6 is 11.6 Å². The van der Waals surface area contributed by atoms with Gasteiger partial charge in [0.05, 0.1) is 15.5 Å². The summed E-state index contributed by atoms with van der Waals surface area (Å²) < 4.78 is 41.4. The van der Waals surface area contributed by atoms with E-state index in [0.29, 0.717) is 0 Å². The van der Waals surface area contributed by atoms with E-state index in [2.05, 4.69) is 0 Å². The molecule has 1 saturated heterocycles. The second kappa shape index (κ2) is 7.74. The third-order valence-electron chi connectivity index (χ3n) is 5.06. The van der Waals surface area contributed by atoms with E-state index in [0.717, 1.165) is 10.8 Å². The molecule has 3 aromatic carbocycles. The highest BCUT2D eigenvalue weighted by molar-refractivity contribution is 7.89. The second-order valence-corrected chi connectivity index (χ2v) is 9.15. The van der Waals surface area contributed by atoms with Gasteiger partial charge in [-0.2, -0.15) is 4.31 Å². The lowest BCUT2D eigenvalue weighted by atomic mass is 10.1. The maximum absolute atomic E-state index is 14.0. The summed E-state index contributed by atoms with van der Waals surface area (Å²) in [7, 11) is -3.69. The van der Waals surface area contributed by atoms with Crippen molar-refractivity contribution in [3.63, 3.8) is 0 Å². The van der Waals surface area contributed by atoms with Crippen LogP contribution in [0.4, 0.5) is 4.39 Å². The number of benzene rings is 3. The molecule has 1 amide bonds. The van der Waals surface area contributed by atoms with Crippen molar-refractivity contribution in [2.45, 2.75) is 4.90 Å². The molecule has 150 valence electrons. The van der Waals surface area contributed by atoms with Gasteiger partial charge in [0.15, 0.2) is 0 Å². The van der Waals surface area contributed by atoms with Crippen LogP contribution in [0.1, 0.15) is 10.4 Å². The SMILES string of the molecule is O=C(c1c(F)cccc1Cl)N1CCN(S(=O)(=O)c2ccc3ccccc3c2)CC1. The number of carbonyl (C=O) groups excluding carboxylic acids is 1. The van der Waals surface area contributed by atoms with E-state index in [9.17, 15) is 17.6 Å². The minimum absolute atomic E-state index is 0.0428. The van der Waals surface area contributed by atoms with Crippen LogP contribution in [0.2, 0.25) is 5.02 Å². The molecule has 0 radical (unpaired) electrons. The van der Waals surface area contributed by atoms with Gasteiger partial charge in [-0.1, -0.05) is 48.0 Å². The fourth-order valence-electron chi connectivity index (χ4n) is 3.47. The van der Waals surface area contributed by atoms with Crippen molar-refractivity contribution in [3.05, 3.63) is 77.1 Å². The summed E-state index contributed by atoms with van der Waals surface area (Å²) in [5, 5.41) is 1.85. The highest BCUT2D eigenvalue weighted by atomic mass is 35.5. The van der Waals surface area contributed by atoms with E-state index >= 15 is 0 Å². The molecule has 0 aliphatic carbocycles. The van der Waals surface area contributed by atoms with Gasteiger partial charge < -0.3 is 4.90 Å². The maximum atomic E-state index is 14.0. The number of halogens is 2. The molecular formula is C21H18ClFN2O3S. The zero-order chi connectivity index (χ0) is 20.6. The standard InChI is InChI=1S/C21H18ClFN2O3S/c22-18-6-3-7-19(23)20(18)21(26)24-10-12-25(13-11-24)29(27,28)17-9-8-15-4-1-2-5-16(15)14-17/h1-9,14H,10-13H2. The Hall–Kier alpha value is -2.48. The van der Waals surface area contributed by atoms with Crippen molar-refractivity contribution in [2.75, 3.05) is 26.2 Å². The van der Waals surface area contributed by atoms with Gasteiger partial charge in [-0.3, -0.25) is 4.79 Å². The van der Waals surface area contributed by atoms with Gasteiger partial charge in [0.1, 0.15) is 5.82 Å². The van der Waals surface area contributed by atoms with Crippen molar-refractivity contribution in [1.82, 2.24) is 9.21 Å². The van der Waals surface area contributed by atoms with Crippen LogP contribution in [0.25, 0.3) is 10.8 Å². The zero-order valence-electron chi connectivity index (χ0n) is 15.4. The summed E-state index contributed by atoms with van der Waals surface area (Å²) in [6.07, 6.45) is 0. The molecule has 0 N–H and O–H groups in total. The highest BCUT2D eigenvalue weighted by Gasteiger charge is 2.31. The van der Waals surface area contributed by atoms with Crippen LogP contribution < -0.4 is 0 Å². The van der Waals surface area contributed by atoms with Crippen LogP contribution in [-0.2, 0) is 10.0 Å². The number of rotatable bonds is 3. The molecule has 5 nitrogen and oxygen atoms in total. The Morgan fingerprint density at radius 3 is 2.28 bits per heavy atom. The van der Waals surface area contributed by atoms with Crippen molar-refractivity contribution < 1.29 is 17.6 Å². The molecule has 8 heteroatoms. The smallest absolute Gasteiger partial charge is 0.258 e. The van der Waals surface area contributed by atoms with E-state index in [1.54, 1.807) is 18.2 Å². The third-order valence-corrected chi connectivity index (χ3v) is 7.27. The zero-order valence-corrected chi connectivity index (χ0v) is 17.0. The maximum Gasteiger partial charge on any atom is 0.258 e. The topological polar surface area (TPSA) is 57.7 Å². The average Bonchev–Trinajstić information content (AvgIpc) is 2.73. The van der Waals surface area contributed by atoms with Crippen LogP contribution in [-0.4, -0.2) is 49.7 Å². The third kappa shape index (κ3) is 3.73. The molecule has 0 saturated carbocycles. The van der Waals surface area contributed by atoms with Gasteiger partial charge in [0, 0.05) is 26.2 Å². The van der Waals surface area contributed by atoms with E-state index in [1.165, 1.54) is 27.4 Å². The first-order chi connectivity index (χ1) is 13.9. The molecule has 1 aliphatic heterocycles. The fraction of sp³-hybridized carbons (Fsp3) is 0.190. The van der Waals surface area contributed by atoms with Gasteiger partial charge in [-0.05, 0) is 35.0 Å². The number of hydrogen-bond acceptors (Lipinski definition) is 3. The summed E-state index contributed by atoms with van der Waals surface area (Å²) in [5.74, 6) is -1.22. The second-order valence-electron chi connectivity index (χ2n) is 6.80. The average molecular weight is 433 g/mol. The van der Waals surface area contributed by atoms with Crippen LogP contribution in [0, 0.1) is 5.82 Å². The number of piperazine rings is 1. The van der Waals surface area contributed by atoms with Crippen molar-refractivity contribution >= 4 is 38.3 Å². The lowest BCUT2D eigenvalue weighted by molar-refractivity contribution is 0.0693. The summed E-state index contributed by atoms with van der Waals surface area (Å²) in [4.78, 5) is 14.3. The molecular weight excluding hydrogens is 415 g/mol. The van der Waals surface area contributed by atoms with Gasteiger partial charge in [-0.15, -0.1) is 0 Å². The van der Waals surface area contributed by atoms with Crippen LogP contribution in [0.15, 0.2) is 65.6 Å². The number of amides is 1. The summed E-state index contributed by atoms with van der Waals surface area (Å²) in [6.45, 7) is 0.590. The number of nitrogens with zero attached hydrogens (tertiary/aromatic N) is 2. The predicted molar refractivity (Wildman–Crippen MR) is 110 cm³/mol. The molecule has 0 spiro atoms. The van der Waals surface area contributed by atoms with Gasteiger partial charge in [-0.25, -0.2) is 12.8 Å². The molecule has 0 unspecified atom stereocenters. The van der Waals surface area contributed by atoms with E-state index in [4.69, 9.17) is 11.6 Å². The van der Waals surface area contributed by atoms with Crippen molar-refractivity contribution in [1.29, 1.82) is 0 Å². The Morgan fingerprint density at radius 2 is 1.59 bits per heavy atom. The first-order valence-electron chi connectivity index (χ1n) is 9.10. The summed E-state index contributed by atoms with van der Waals surface area (Å²) >= 11 is 5.98. The highest BCUT2D eigenvalue weighted by Crippen LogP contribution is 2.25. The molecule has 4 rings (SSSR count). The largest absolute Gasteiger partial charge is 0.336 e. The normalized spacial score (nSPS) is 15.6. The van der Waals surface area contributed by atoms with Crippen molar-refractivity contribution in [3.8, 4) is 0 Å². The minimum atomic E-state index is -3.69. The molecule has 1 heterocycles. The van der Waals surface area contributed by atoms with E-state index < -0.39 is 21.7 Å². The number of carbonyl (C=O) groups is 1. The lowest BCUT2D eigenvalue weighted by Crippen LogP contribution is -2.50. The molecule has 0 aromatic heterocycles. The first-order valence-corrected chi connectivity index (χ1v) is 10.9.